The molecule has 0 saturated heterocycles. The van der Waals surface area contributed by atoms with E-state index in [-0.39, 0.29) is 12.8 Å². The molecule has 0 saturated carbocycles. The van der Waals surface area contributed by atoms with Crippen LogP contribution in [0.4, 0.5) is 0 Å². The van der Waals surface area contributed by atoms with Crippen LogP contribution in [0.2, 0.25) is 0 Å². The van der Waals surface area contributed by atoms with Gasteiger partial charge in [-0.2, -0.15) is 0 Å². The molecule has 0 radical (unpaired) electrons. The quantitative estimate of drug-likeness (QED) is 0.119. The Morgan fingerprint density at radius 3 is 1.95 bits per heavy atom. The summed E-state index contributed by atoms with van der Waals surface area (Å²) in [6.45, 7) is 0. The molecule has 0 fully saturated rings. The smallest absolute Gasteiger partial charge is 0.326 e. The zero-order valence-electron chi connectivity index (χ0n) is 20.1. The number of carboxylic acid groups (broad SMARTS) is 2. The molecule has 4 unspecified atom stereocenters. The van der Waals surface area contributed by atoms with Crippen molar-refractivity contribution in [2.24, 2.45) is 11.5 Å². The molecule has 15 heteroatoms. The van der Waals surface area contributed by atoms with Gasteiger partial charge in [-0.15, -0.1) is 0 Å². The minimum absolute atomic E-state index is 0.105. The van der Waals surface area contributed by atoms with E-state index in [1.165, 1.54) is 12.5 Å². The highest BCUT2D eigenvalue weighted by molar-refractivity contribution is 5.97. The summed E-state index contributed by atoms with van der Waals surface area (Å²) in [5.74, 6) is -6.85. The Morgan fingerprint density at radius 2 is 1.42 bits per heavy atom. The molecule has 204 valence electrons. The van der Waals surface area contributed by atoms with Gasteiger partial charge in [-0.1, -0.05) is 30.3 Å². The summed E-state index contributed by atoms with van der Waals surface area (Å²) in [6, 6.07) is 2.84. The fraction of sp³-hybridized carbons (Fsp3) is 0.348. The third-order valence-corrected chi connectivity index (χ3v) is 5.28. The average Bonchev–Trinajstić information content (AvgIpc) is 3.35. The van der Waals surface area contributed by atoms with Crippen molar-refractivity contribution in [3.05, 3.63) is 54.1 Å². The Kier molecular flexibility index (Phi) is 10.9. The summed E-state index contributed by atoms with van der Waals surface area (Å²) >= 11 is 0. The van der Waals surface area contributed by atoms with Gasteiger partial charge in [0.1, 0.15) is 18.1 Å². The first-order chi connectivity index (χ1) is 18.0. The van der Waals surface area contributed by atoms with Gasteiger partial charge < -0.3 is 42.6 Å². The lowest BCUT2D eigenvalue weighted by atomic mass is 10.0. The summed E-state index contributed by atoms with van der Waals surface area (Å²) in [7, 11) is 0. The Bertz CT molecular complexity index is 1140. The molecule has 4 amide bonds. The SMILES string of the molecule is NC(=O)CC(NC(=O)C(CC(=O)O)NC(=O)C(N)Cc1ccccc1)C(=O)NC(Cc1cnc[nH]1)C(=O)O. The minimum Gasteiger partial charge on any atom is -0.481 e. The van der Waals surface area contributed by atoms with Gasteiger partial charge in [-0.05, 0) is 12.0 Å². The topological polar surface area (TPSA) is 260 Å². The molecule has 10 N–H and O–H groups in total. The highest BCUT2D eigenvalue weighted by atomic mass is 16.4. The Balaban J connectivity index is 2.12. The third-order valence-electron chi connectivity index (χ3n) is 5.28. The number of hydrogen-bond donors (Lipinski definition) is 8. The van der Waals surface area contributed by atoms with E-state index >= 15 is 0 Å². The number of carbonyl (C=O) groups is 6. The zero-order chi connectivity index (χ0) is 28.2. The van der Waals surface area contributed by atoms with Crippen molar-refractivity contribution in [1.29, 1.82) is 0 Å². The van der Waals surface area contributed by atoms with Gasteiger partial charge in [0, 0.05) is 18.3 Å². The molecular formula is C23H29N7O8. The van der Waals surface area contributed by atoms with Crippen LogP contribution in [0.1, 0.15) is 24.1 Å². The van der Waals surface area contributed by atoms with Crippen LogP contribution >= 0.6 is 0 Å². The number of nitrogens with zero attached hydrogens (tertiary/aromatic N) is 1. The van der Waals surface area contributed by atoms with Crippen LogP contribution in [0, 0.1) is 0 Å². The number of hydrogen-bond acceptors (Lipinski definition) is 8. The van der Waals surface area contributed by atoms with Crippen LogP contribution in [-0.2, 0) is 41.6 Å². The largest absolute Gasteiger partial charge is 0.481 e. The molecule has 38 heavy (non-hydrogen) atoms. The fourth-order valence-corrected chi connectivity index (χ4v) is 3.39. The van der Waals surface area contributed by atoms with Gasteiger partial charge in [0.15, 0.2) is 0 Å². The maximum Gasteiger partial charge on any atom is 0.326 e. The first-order valence-electron chi connectivity index (χ1n) is 11.4. The summed E-state index contributed by atoms with van der Waals surface area (Å²) in [4.78, 5) is 79.2. The molecule has 0 bridgehead atoms. The predicted octanol–water partition coefficient (Wildman–Crippen LogP) is -2.59. The van der Waals surface area contributed by atoms with Gasteiger partial charge in [0.25, 0.3) is 0 Å². The average molecular weight is 532 g/mol. The van der Waals surface area contributed by atoms with Crippen LogP contribution < -0.4 is 27.4 Å². The summed E-state index contributed by atoms with van der Waals surface area (Å²) in [6.07, 6.45) is 0.998. The van der Waals surface area contributed by atoms with Crippen LogP contribution in [-0.4, -0.2) is 79.9 Å². The van der Waals surface area contributed by atoms with Crippen LogP contribution in [0.3, 0.4) is 0 Å². The van der Waals surface area contributed by atoms with Gasteiger partial charge >= 0.3 is 11.9 Å². The van der Waals surface area contributed by atoms with Crippen LogP contribution in [0.5, 0.6) is 0 Å². The van der Waals surface area contributed by atoms with E-state index in [0.717, 1.165) is 5.56 Å². The van der Waals surface area contributed by atoms with E-state index in [9.17, 15) is 39.0 Å². The first-order valence-corrected chi connectivity index (χ1v) is 11.4. The van der Waals surface area contributed by atoms with Crippen molar-refractivity contribution in [2.45, 2.75) is 49.9 Å². The molecule has 1 aromatic carbocycles. The van der Waals surface area contributed by atoms with Gasteiger partial charge in [0.2, 0.25) is 23.6 Å². The molecule has 1 heterocycles. The lowest BCUT2D eigenvalue weighted by Gasteiger charge is -2.24. The monoisotopic (exact) mass is 531 g/mol. The normalized spacial score (nSPS) is 13.8. The Morgan fingerprint density at radius 1 is 0.842 bits per heavy atom. The number of H-pyrrole nitrogens is 1. The number of nitrogens with two attached hydrogens (primary N) is 2. The number of benzene rings is 1. The number of aromatic nitrogens is 2. The number of aromatic amines is 1. The number of nitrogens with one attached hydrogen (secondary N) is 4. The minimum atomic E-state index is -1.66. The molecular weight excluding hydrogens is 502 g/mol. The van der Waals surface area contributed by atoms with Gasteiger partial charge in [0.05, 0.1) is 25.2 Å². The third kappa shape index (κ3) is 9.69. The summed E-state index contributed by atoms with van der Waals surface area (Å²) in [5, 5.41) is 25.3. The molecule has 0 aliphatic carbocycles. The van der Waals surface area contributed by atoms with Crippen molar-refractivity contribution in [3.8, 4) is 0 Å². The van der Waals surface area contributed by atoms with Crippen molar-refractivity contribution in [3.63, 3.8) is 0 Å². The number of amides is 4. The molecule has 0 aliphatic heterocycles. The maximum atomic E-state index is 12.9. The highest BCUT2D eigenvalue weighted by Gasteiger charge is 2.32. The fourth-order valence-electron chi connectivity index (χ4n) is 3.39. The van der Waals surface area contributed by atoms with Gasteiger partial charge in [-0.3, -0.25) is 24.0 Å². The number of primary amides is 1. The summed E-state index contributed by atoms with van der Waals surface area (Å²) in [5.41, 5.74) is 12.2. The lowest BCUT2D eigenvalue weighted by molar-refractivity contribution is -0.143. The summed E-state index contributed by atoms with van der Waals surface area (Å²) < 4.78 is 0. The number of aliphatic carboxylic acids is 2. The number of carbonyl (C=O) groups excluding carboxylic acids is 4. The first kappa shape index (κ1) is 29.4. The molecule has 15 nitrogen and oxygen atoms in total. The number of rotatable bonds is 15. The van der Waals surface area contributed by atoms with E-state index in [0.29, 0.717) is 5.69 Å². The van der Waals surface area contributed by atoms with Gasteiger partial charge in [-0.25, -0.2) is 9.78 Å². The molecule has 4 atom stereocenters. The van der Waals surface area contributed by atoms with E-state index in [1.54, 1.807) is 30.3 Å². The molecule has 2 aromatic rings. The highest BCUT2D eigenvalue weighted by Crippen LogP contribution is 2.05. The maximum absolute atomic E-state index is 12.9. The van der Waals surface area contributed by atoms with Crippen molar-refractivity contribution in [1.82, 2.24) is 25.9 Å². The van der Waals surface area contributed by atoms with Crippen LogP contribution in [0.15, 0.2) is 42.9 Å². The van der Waals surface area contributed by atoms with E-state index in [4.69, 9.17) is 11.5 Å². The second-order valence-electron chi connectivity index (χ2n) is 8.37. The lowest BCUT2D eigenvalue weighted by Crippen LogP contribution is -2.58. The second-order valence-corrected chi connectivity index (χ2v) is 8.37. The zero-order valence-corrected chi connectivity index (χ0v) is 20.1. The number of carboxylic acids is 2. The number of imidazole rings is 1. The van der Waals surface area contributed by atoms with E-state index in [1.807, 2.05) is 0 Å². The predicted molar refractivity (Wildman–Crippen MR) is 130 cm³/mol. The molecule has 1 aromatic heterocycles. The molecule has 2 rings (SSSR count). The van der Waals surface area contributed by atoms with Crippen molar-refractivity contribution >= 4 is 35.6 Å². The molecule has 0 spiro atoms. The van der Waals surface area contributed by atoms with E-state index < -0.39 is 72.6 Å². The standard InChI is InChI=1S/C23H29N7O8/c24-14(6-12-4-2-1-3-5-12)20(34)28-16(9-19(32)33)22(36)29-15(8-18(25)31)21(35)30-17(23(37)38)7-13-10-26-11-27-13/h1-5,10-11,14-17H,6-9,24H2,(H2,25,31)(H,26,27)(H,28,34)(H,29,36)(H,30,35)(H,32,33)(H,37,38). The molecule has 0 aliphatic rings. The van der Waals surface area contributed by atoms with Crippen LogP contribution in [0.25, 0.3) is 0 Å². The van der Waals surface area contributed by atoms with E-state index in [2.05, 4.69) is 25.9 Å². The Labute approximate surface area is 216 Å². The Hall–Kier alpha value is -4.79. The van der Waals surface area contributed by atoms with Crippen molar-refractivity contribution < 1.29 is 39.0 Å². The second kappa shape index (κ2) is 14.1. The van der Waals surface area contributed by atoms with Crippen molar-refractivity contribution in [2.75, 3.05) is 0 Å².